The van der Waals surface area contributed by atoms with E-state index in [1.54, 1.807) is 24.3 Å². The first kappa shape index (κ1) is 14.1. The van der Waals surface area contributed by atoms with Gasteiger partial charge in [0.15, 0.2) is 0 Å². The molecule has 5 heteroatoms. The van der Waals surface area contributed by atoms with Gasteiger partial charge in [0.25, 0.3) is 0 Å². The maximum atomic E-state index is 9.33. The number of rotatable bonds is 4. The van der Waals surface area contributed by atoms with Crippen LogP contribution in [-0.4, -0.2) is 17.2 Å². The van der Waals surface area contributed by atoms with Crippen molar-refractivity contribution in [2.75, 3.05) is 0 Å². The topological polar surface area (TPSA) is 73.5 Å². The van der Waals surface area contributed by atoms with Crippen LogP contribution in [0.2, 0.25) is 0 Å². The first-order chi connectivity index (χ1) is 9.60. The van der Waals surface area contributed by atoms with Crippen molar-refractivity contribution in [3.63, 3.8) is 0 Å². The van der Waals surface area contributed by atoms with Gasteiger partial charge >= 0.3 is 7.12 Å². The van der Waals surface area contributed by atoms with Crippen molar-refractivity contribution in [2.24, 2.45) is 0 Å². The lowest BCUT2D eigenvalue weighted by molar-refractivity contribution is 0.306. The minimum Gasteiger partial charge on any atom is -0.489 e. The molecule has 0 fully saturated rings. The van der Waals surface area contributed by atoms with Crippen LogP contribution in [0.5, 0.6) is 5.75 Å². The van der Waals surface area contributed by atoms with E-state index in [9.17, 15) is 10.0 Å². The smallest absolute Gasteiger partial charge is 0.489 e. The maximum Gasteiger partial charge on any atom is 0.492 e. The predicted octanol–water partition coefficient (Wildman–Crippen LogP) is 1.13. The van der Waals surface area contributed by atoms with Crippen LogP contribution >= 0.6 is 0 Å². The van der Waals surface area contributed by atoms with Crippen LogP contribution in [0.1, 0.15) is 16.7 Å². The quantitative estimate of drug-likeness (QED) is 0.814. The summed E-state index contributed by atoms with van der Waals surface area (Å²) >= 11 is 0. The molecule has 0 heterocycles. The monoisotopic (exact) mass is 267 g/mol. The molecule has 0 saturated heterocycles. The molecule has 2 aromatic rings. The third kappa shape index (κ3) is 3.38. The Morgan fingerprint density at radius 3 is 2.45 bits per heavy atom. The van der Waals surface area contributed by atoms with Crippen LogP contribution < -0.4 is 10.2 Å². The van der Waals surface area contributed by atoms with Crippen molar-refractivity contribution in [3.05, 3.63) is 59.2 Å². The van der Waals surface area contributed by atoms with Gasteiger partial charge < -0.3 is 14.8 Å². The number of hydrogen-bond acceptors (Lipinski definition) is 4. The molecule has 0 spiro atoms. The molecule has 0 bridgehead atoms. The zero-order chi connectivity index (χ0) is 14.5. The zero-order valence-electron chi connectivity index (χ0n) is 11.1. The second-order valence-corrected chi connectivity index (χ2v) is 4.51. The van der Waals surface area contributed by atoms with Crippen molar-refractivity contribution in [3.8, 4) is 11.8 Å². The normalized spacial score (nSPS) is 9.90. The molecule has 4 nitrogen and oxygen atoms in total. The lowest BCUT2D eigenvalue weighted by Gasteiger charge is -2.12. The van der Waals surface area contributed by atoms with E-state index in [2.05, 4.69) is 6.07 Å². The summed E-state index contributed by atoms with van der Waals surface area (Å²) in [5, 5.41) is 27.4. The molecular formula is C15H14BNO3. The summed E-state index contributed by atoms with van der Waals surface area (Å²) in [6, 6.07) is 14.3. The van der Waals surface area contributed by atoms with Gasteiger partial charge in [-0.25, -0.2) is 0 Å². The minimum absolute atomic E-state index is 0.300. The fourth-order valence-corrected chi connectivity index (χ4v) is 1.84. The Bertz CT molecular complexity index is 633. The molecule has 20 heavy (non-hydrogen) atoms. The summed E-state index contributed by atoms with van der Waals surface area (Å²) in [7, 11) is -1.56. The van der Waals surface area contributed by atoms with Crippen LogP contribution in [0.3, 0.4) is 0 Å². The molecular weight excluding hydrogens is 253 g/mol. The van der Waals surface area contributed by atoms with Crippen molar-refractivity contribution >= 4 is 12.6 Å². The number of nitriles is 1. The second kappa shape index (κ2) is 6.24. The maximum absolute atomic E-state index is 9.33. The van der Waals surface area contributed by atoms with Gasteiger partial charge in [0.05, 0.1) is 11.6 Å². The standard InChI is InChI=1S/C15H14BNO3/c1-11-2-7-15(14(8-11)16(18)19)20-10-13-5-3-12(9-17)4-6-13/h2-8,18-19H,10H2,1H3. The summed E-state index contributed by atoms with van der Waals surface area (Å²) in [5.41, 5.74) is 2.77. The molecule has 0 atom stereocenters. The lowest BCUT2D eigenvalue weighted by atomic mass is 9.79. The van der Waals surface area contributed by atoms with Crippen LogP contribution in [0.15, 0.2) is 42.5 Å². The van der Waals surface area contributed by atoms with Crippen LogP contribution in [0.25, 0.3) is 0 Å². The van der Waals surface area contributed by atoms with Gasteiger partial charge in [-0.05, 0) is 30.7 Å². The van der Waals surface area contributed by atoms with Crippen molar-refractivity contribution < 1.29 is 14.8 Å². The Morgan fingerprint density at radius 1 is 1.15 bits per heavy atom. The minimum atomic E-state index is -1.56. The molecule has 0 radical (unpaired) electrons. The highest BCUT2D eigenvalue weighted by Crippen LogP contribution is 2.13. The Balaban J connectivity index is 2.12. The molecule has 100 valence electrons. The Kier molecular flexibility index (Phi) is 4.41. The molecule has 0 aliphatic carbocycles. The number of hydrogen-bond donors (Lipinski definition) is 2. The number of nitrogens with zero attached hydrogens (tertiary/aromatic N) is 1. The van der Waals surface area contributed by atoms with E-state index in [4.69, 9.17) is 10.00 Å². The number of aryl methyl sites for hydroxylation is 1. The molecule has 0 aliphatic heterocycles. The first-order valence-electron chi connectivity index (χ1n) is 6.18. The van der Waals surface area contributed by atoms with Gasteiger partial charge in [0.2, 0.25) is 0 Å². The van der Waals surface area contributed by atoms with E-state index in [-0.39, 0.29) is 0 Å². The molecule has 0 aliphatic rings. The highest BCUT2D eigenvalue weighted by Gasteiger charge is 2.17. The predicted molar refractivity (Wildman–Crippen MR) is 76.5 cm³/mol. The third-order valence-corrected chi connectivity index (χ3v) is 2.92. The highest BCUT2D eigenvalue weighted by atomic mass is 16.5. The Hall–Kier alpha value is -2.29. The summed E-state index contributed by atoms with van der Waals surface area (Å²) in [4.78, 5) is 0. The average molecular weight is 267 g/mol. The number of ether oxygens (including phenoxy) is 1. The first-order valence-corrected chi connectivity index (χ1v) is 6.18. The summed E-state index contributed by atoms with van der Waals surface area (Å²) in [6.45, 7) is 2.17. The number of benzene rings is 2. The van der Waals surface area contributed by atoms with E-state index in [0.29, 0.717) is 23.4 Å². The van der Waals surface area contributed by atoms with E-state index in [1.165, 1.54) is 0 Å². The highest BCUT2D eigenvalue weighted by molar-refractivity contribution is 6.59. The molecule has 0 unspecified atom stereocenters. The fraction of sp³-hybridized carbons (Fsp3) is 0.133. The fourth-order valence-electron chi connectivity index (χ4n) is 1.84. The van der Waals surface area contributed by atoms with E-state index in [0.717, 1.165) is 11.1 Å². The summed E-state index contributed by atoms with van der Waals surface area (Å²) < 4.78 is 5.61. The second-order valence-electron chi connectivity index (χ2n) is 4.51. The molecule has 2 aromatic carbocycles. The van der Waals surface area contributed by atoms with E-state index < -0.39 is 7.12 Å². The largest absolute Gasteiger partial charge is 0.492 e. The lowest BCUT2D eigenvalue weighted by Crippen LogP contribution is -2.31. The van der Waals surface area contributed by atoms with Crippen LogP contribution in [0.4, 0.5) is 0 Å². The molecule has 2 rings (SSSR count). The van der Waals surface area contributed by atoms with Gasteiger partial charge in [-0.2, -0.15) is 5.26 Å². The molecule has 0 saturated carbocycles. The van der Waals surface area contributed by atoms with Crippen molar-refractivity contribution in [1.29, 1.82) is 5.26 Å². The zero-order valence-corrected chi connectivity index (χ0v) is 11.1. The van der Waals surface area contributed by atoms with Gasteiger partial charge in [-0.15, -0.1) is 0 Å². The van der Waals surface area contributed by atoms with Gasteiger partial charge in [0, 0.05) is 5.46 Å². The SMILES string of the molecule is Cc1ccc(OCc2ccc(C#N)cc2)c(B(O)O)c1. The Morgan fingerprint density at radius 2 is 1.85 bits per heavy atom. The van der Waals surface area contributed by atoms with E-state index >= 15 is 0 Å². The van der Waals surface area contributed by atoms with E-state index in [1.807, 2.05) is 25.1 Å². The average Bonchev–Trinajstić information content (AvgIpc) is 2.46. The molecule has 0 aromatic heterocycles. The van der Waals surface area contributed by atoms with Gasteiger partial charge in [0.1, 0.15) is 12.4 Å². The molecule has 0 amide bonds. The van der Waals surface area contributed by atoms with Crippen molar-refractivity contribution in [1.82, 2.24) is 0 Å². The van der Waals surface area contributed by atoms with Crippen molar-refractivity contribution in [2.45, 2.75) is 13.5 Å². The Labute approximate surface area is 118 Å². The van der Waals surface area contributed by atoms with Gasteiger partial charge in [-0.3, -0.25) is 0 Å². The van der Waals surface area contributed by atoms with Crippen LogP contribution in [-0.2, 0) is 6.61 Å². The van der Waals surface area contributed by atoms with Crippen LogP contribution in [0, 0.1) is 18.3 Å². The summed E-state index contributed by atoms with van der Waals surface area (Å²) in [5.74, 6) is 0.440. The third-order valence-electron chi connectivity index (χ3n) is 2.92. The summed E-state index contributed by atoms with van der Waals surface area (Å²) in [6.07, 6.45) is 0. The van der Waals surface area contributed by atoms with Gasteiger partial charge in [-0.1, -0.05) is 29.8 Å². The molecule has 2 N–H and O–H groups in total.